The van der Waals surface area contributed by atoms with E-state index < -0.39 is 6.04 Å². The number of benzene rings is 1. The van der Waals surface area contributed by atoms with Gasteiger partial charge in [0.05, 0.1) is 15.7 Å². The highest BCUT2D eigenvalue weighted by atomic mass is 35.5. The molecule has 6 heteroatoms. The van der Waals surface area contributed by atoms with Crippen LogP contribution in [-0.2, 0) is 9.59 Å². The van der Waals surface area contributed by atoms with Gasteiger partial charge in [0.1, 0.15) is 6.04 Å². The fourth-order valence-electron chi connectivity index (χ4n) is 2.41. The highest BCUT2D eigenvalue weighted by molar-refractivity contribution is 6.44. The smallest absolute Gasteiger partial charge is 0.249 e. The fourth-order valence-corrected chi connectivity index (χ4v) is 2.81. The van der Waals surface area contributed by atoms with Crippen LogP contribution in [0.25, 0.3) is 0 Å². The van der Waals surface area contributed by atoms with Gasteiger partial charge < -0.3 is 10.2 Å². The summed E-state index contributed by atoms with van der Waals surface area (Å²) in [6.07, 6.45) is 0.850. The lowest BCUT2D eigenvalue weighted by molar-refractivity contribution is -0.125. The molecule has 0 radical (unpaired) electrons. The number of nitrogens with zero attached hydrogens (tertiary/aromatic N) is 1. The summed E-state index contributed by atoms with van der Waals surface area (Å²) in [6.45, 7) is 4.33. The summed E-state index contributed by atoms with van der Waals surface area (Å²) in [6, 6.07) is 4.64. The van der Waals surface area contributed by atoms with Crippen LogP contribution in [0.3, 0.4) is 0 Å². The molecule has 1 aromatic carbocycles. The summed E-state index contributed by atoms with van der Waals surface area (Å²) >= 11 is 12.2. The zero-order valence-electron chi connectivity index (χ0n) is 12.0. The lowest BCUT2D eigenvalue weighted by atomic mass is 10.0. The molecular weight excluding hydrogens is 311 g/mol. The molecule has 2 rings (SSSR count). The predicted octanol–water partition coefficient (Wildman–Crippen LogP) is 3.26. The number of halogens is 2. The molecule has 1 unspecified atom stereocenters. The Morgan fingerprint density at radius 3 is 2.71 bits per heavy atom. The minimum Gasteiger partial charge on any atom is -0.344 e. The number of carbonyl (C=O) groups is 2. The first kappa shape index (κ1) is 16.1. The molecule has 0 bridgehead atoms. The maximum absolute atomic E-state index is 12.7. The van der Waals surface area contributed by atoms with Crippen molar-refractivity contribution >= 4 is 40.7 Å². The number of hydrogen-bond donors (Lipinski definition) is 1. The Morgan fingerprint density at radius 1 is 1.33 bits per heavy atom. The summed E-state index contributed by atoms with van der Waals surface area (Å²) in [5.41, 5.74) is 0.555. The van der Waals surface area contributed by atoms with Gasteiger partial charge in [0.2, 0.25) is 11.8 Å². The quantitative estimate of drug-likeness (QED) is 0.925. The third-order valence-electron chi connectivity index (χ3n) is 3.39. The van der Waals surface area contributed by atoms with Crippen molar-refractivity contribution in [3.05, 3.63) is 28.2 Å². The van der Waals surface area contributed by atoms with Gasteiger partial charge in [-0.1, -0.05) is 43.1 Å². The molecule has 1 saturated heterocycles. The van der Waals surface area contributed by atoms with Crippen LogP contribution in [0.2, 0.25) is 10.0 Å². The maximum Gasteiger partial charge on any atom is 0.249 e. The van der Waals surface area contributed by atoms with Gasteiger partial charge in [0.15, 0.2) is 0 Å². The third kappa shape index (κ3) is 3.69. The second-order valence-corrected chi connectivity index (χ2v) is 6.35. The first-order valence-corrected chi connectivity index (χ1v) is 7.70. The topological polar surface area (TPSA) is 49.4 Å². The second kappa shape index (κ2) is 6.67. The number of hydrogen-bond acceptors (Lipinski definition) is 2. The van der Waals surface area contributed by atoms with Gasteiger partial charge in [-0.25, -0.2) is 0 Å². The molecule has 114 valence electrons. The summed E-state index contributed by atoms with van der Waals surface area (Å²) in [5, 5.41) is 3.52. The Labute approximate surface area is 134 Å². The lowest BCUT2D eigenvalue weighted by Crippen LogP contribution is -2.45. The van der Waals surface area contributed by atoms with Crippen LogP contribution >= 0.6 is 23.2 Å². The van der Waals surface area contributed by atoms with E-state index in [1.807, 2.05) is 13.8 Å². The van der Waals surface area contributed by atoms with Crippen molar-refractivity contribution < 1.29 is 9.59 Å². The third-order valence-corrected chi connectivity index (χ3v) is 4.20. The van der Waals surface area contributed by atoms with Gasteiger partial charge in [-0.2, -0.15) is 0 Å². The second-order valence-electron chi connectivity index (χ2n) is 5.56. The Morgan fingerprint density at radius 2 is 2.05 bits per heavy atom. The SMILES string of the molecule is CC(C)CC1NC(=O)CCN(c2cccc(Cl)c2Cl)C1=O. The van der Waals surface area contributed by atoms with E-state index >= 15 is 0 Å². The van der Waals surface area contributed by atoms with Crippen molar-refractivity contribution in [2.45, 2.75) is 32.7 Å². The first-order chi connectivity index (χ1) is 9.90. The molecule has 1 fully saturated rings. The Bertz CT molecular complexity index is 561. The minimum absolute atomic E-state index is 0.116. The average molecular weight is 329 g/mol. The number of nitrogens with one attached hydrogen (secondary N) is 1. The normalized spacial score (nSPS) is 19.7. The number of rotatable bonds is 3. The molecule has 1 atom stereocenters. The molecule has 0 aliphatic carbocycles. The van der Waals surface area contributed by atoms with Crippen LogP contribution in [0, 0.1) is 5.92 Å². The average Bonchev–Trinajstić information content (AvgIpc) is 2.53. The van der Waals surface area contributed by atoms with E-state index in [0.29, 0.717) is 34.6 Å². The Kier molecular flexibility index (Phi) is 5.12. The fraction of sp³-hybridized carbons (Fsp3) is 0.467. The predicted molar refractivity (Wildman–Crippen MR) is 84.8 cm³/mol. The molecule has 0 spiro atoms. The molecular formula is C15H18Cl2N2O2. The highest BCUT2D eigenvalue weighted by Gasteiger charge is 2.32. The molecule has 1 aliphatic rings. The van der Waals surface area contributed by atoms with Gasteiger partial charge in [0, 0.05) is 13.0 Å². The molecule has 0 aromatic heterocycles. The van der Waals surface area contributed by atoms with Gasteiger partial charge in [-0.3, -0.25) is 9.59 Å². The molecule has 4 nitrogen and oxygen atoms in total. The summed E-state index contributed by atoms with van der Waals surface area (Å²) in [4.78, 5) is 26.1. The van der Waals surface area contributed by atoms with Crippen molar-refractivity contribution in [3.63, 3.8) is 0 Å². The lowest BCUT2D eigenvalue weighted by Gasteiger charge is -2.26. The van der Waals surface area contributed by atoms with E-state index in [-0.39, 0.29) is 18.2 Å². The van der Waals surface area contributed by atoms with E-state index in [1.54, 1.807) is 23.1 Å². The van der Waals surface area contributed by atoms with Gasteiger partial charge in [-0.05, 0) is 24.5 Å². The van der Waals surface area contributed by atoms with E-state index in [1.165, 1.54) is 0 Å². The van der Waals surface area contributed by atoms with E-state index in [2.05, 4.69) is 5.32 Å². The molecule has 21 heavy (non-hydrogen) atoms. The van der Waals surface area contributed by atoms with Crippen molar-refractivity contribution in [1.29, 1.82) is 0 Å². The van der Waals surface area contributed by atoms with Gasteiger partial charge in [0.25, 0.3) is 0 Å². The molecule has 1 heterocycles. The van der Waals surface area contributed by atoms with Crippen LogP contribution in [0.1, 0.15) is 26.7 Å². The standard InChI is InChI=1S/C15H18Cl2N2O2/c1-9(2)8-11-15(21)19(7-6-13(20)18-11)12-5-3-4-10(16)14(12)17/h3-5,9,11H,6-8H2,1-2H3,(H,18,20). The molecule has 1 N–H and O–H groups in total. The molecule has 2 amide bonds. The van der Waals surface area contributed by atoms with E-state index in [4.69, 9.17) is 23.2 Å². The maximum atomic E-state index is 12.7. The zero-order chi connectivity index (χ0) is 15.6. The highest BCUT2D eigenvalue weighted by Crippen LogP contribution is 2.33. The minimum atomic E-state index is -0.518. The van der Waals surface area contributed by atoms with Crippen LogP contribution in [0.4, 0.5) is 5.69 Å². The number of carbonyl (C=O) groups excluding carboxylic acids is 2. The largest absolute Gasteiger partial charge is 0.344 e. The van der Waals surface area contributed by atoms with Crippen LogP contribution in [0.15, 0.2) is 18.2 Å². The van der Waals surface area contributed by atoms with Crippen molar-refractivity contribution in [1.82, 2.24) is 5.32 Å². The molecule has 1 aromatic rings. The monoisotopic (exact) mass is 328 g/mol. The molecule has 0 saturated carbocycles. The first-order valence-electron chi connectivity index (χ1n) is 6.95. The van der Waals surface area contributed by atoms with E-state index in [9.17, 15) is 9.59 Å². The Balaban J connectivity index is 2.35. The summed E-state index contributed by atoms with van der Waals surface area (Å²) < 4.78 is 0. The van der Waals surface area contributed by atoms with Crippen molar-refractivity contribution in [2.75, 3.05) is 11.4 Å². The van der Waals surface area contributed by atoms with Gasteiger partial charge in [-0.15, -0.1) is 0 Å². The van der Waals surface area contributed by atoms with Crippen LogP contribution in [-0.4, -0.2) is 24.4 Å². The number of anilines is 1. The summed E-state index contributed by atoms with van der Waals surface area (Å²) in [7, 11) is 0. The zero-order valence-corrected chi connectivity index (χ0v) is 13.5. The van der Waals surface area contributed by atoms with E-state index in [0.717, 1.165) is 0 Å². The Hall–Kier alpha value is -1.26. The van der Waals surface area contributed by atoms with Gasteiger partial charge >= 0.3 is 0 Å². The van der Waals surface area contributed by atoms with Crippen molar-refractivity contribution in [2.24, 2.45) is 5.92 Å². The summed E-state index contributed by atoms with van der Waals surface area (Å²) in [5.74, 6) is 0.0439. The number of amides is 2. The molecule has 1 aliphatic heterocycles. The van der Waals surface area contributed by atoms with Crippen LogP contribution in [0.5, 0.6) is 0 Å². The van der Waals surface area contributed by atoms with Crippen LogP contribution < -0.4 is 10.2 Å². The van der Waals surface area contributed by atoms with Crippen molar-refractivity contribution in [3.8, 4) is 0 Å².